The lowest BCUT2D eigenvalue weighted by Gasteiger charge is -2.12. The van der Waals surface area contributed by atoms with Crippen molar-refractivity contribution in [3.05, 3.63) is 83.3 Å². The number of halogens is 1. The van der Waals surface area contributed by atoms with Crippen LogP contribution in [0.2, 0.25) is 0 Å². The second kappa shape index (κ2) is 4.81. The van der Waals surface area contributed by atoms with Gasteiger partial charge in [0.1, 0.15) is 0 Å². The molecule has 0 aromatic heterocycles. The van der Waals surface area contributed by atoms with Crippen molar-refractivity contribution < 1.29 is 0 Å². The molecule has 0 heterocycles. The van der Waals surface area contributed by atoms with E-state index in [1.54, 1.807) is 0 Å². The predicted octanol–water partition coefficient (Wildman–Crippen LogP) is 7.01. The van der Waals surface area contributed by atoms with Gasteiger partial charge in [0.2, 0.25) is 0 Å². The highest BCUT2D eigenvalue weighted by molar-refractivity contribution is 9.10. The standard InChI is InChI=1S/C22H13Br/c23-20-10-8-14(9-11-20)19-12-17-6-4-15-2-1-3-16-5-7-18(13-19)22(17)21(15)16/h1-13H. The van der Waals surface area contributed by atoms with Gasteiger partial charge in [0.05, 0.1) is 0 Å². The van der Waals surface area contributed by atoms with Gasteiger partial charge in [-0.2, -0.15) is 0 Å². The van der Waals surface area contributed by atoms with Gasteiger partial charge < -0.3 is 0 Å². The van der Waals surface area contributed by atoms with Crippen molar-refractivity contribution in [2.45, 2.75) is 0 Å². The molecule has 0 unspecified atom stereocenters. The Balaban J connectivity index is 1.89. The molecule has 108 valence electrons. The largest absolute Gasteiger partial charge is 0.0610 e. The SMILES string of the molecule is Brc1ccc(-c2cc3ccc4cccc5ccc(c2)c3c45)cc1. The van der Waals surface area contributed by atoms with E-state index in [-0.39, 0.29) is 0 Å². The van der Waals surface area contributed by atoms with E-state index in [0.717, 1.165) is 4.47 Å². The van der Waals surface area contributed by atoms with Crippen LogP contribution in [0, 0.1) is 0 Å². The fraction of sp³-hybridized carbons (Fsp3) is 0. The minimum atomic E-state index is 1.11. The van der Waals surface area contributed by atoms with E-state index in [0.29, 0.717) is 0 Å². The first-order valence-corrected chi connectivity index (χ1v) is 8.52. The zero-order valence-electron chi connectivity index (χ0n) is 12.4. The van der Waals surface area contributed by atoms with Crippen LogP contribution in [0.25, 0.3) is 43.4 Å². The molecule has 0 radical (unpaired) electrons. The van der Waals surface area contributed by atoms with Gasteiger partial charge in [-0.05, 0) is 67.7 Å². The summed E-state index contributed by atoms with van der Waals surface area (Å²) >= 11 is 3.51. The number of hydrogen-bond acceptors (Lipinski definition) is 0. The number of rotatable bonds is 1. The zero-order chi connectivity index (χ0) is 15.4. The van der Waals surface area contributed by atoms with Crippen LogP contribution in [0.5, 0.6) is 0 Å². The zero-order valence-corrected chi connectivity index (χ0v) is 14.0. The molecule has 0 aliphatic rings. The lowest BCUT2D eigenvalue weighted by Crippen LogP contribution is -1.85. The van der Waals surface area contributed by atoms with Gasteiger partial charge in [0.25, 0.3) is 0 Å². The molecule has 0 nitrogen and oxygen atoms in total. The van der Waals surface area contributed by atoms with Gasteiger partial charge in [-0.1, -0.05) is 70.5 Å². The molecule has 0 saturated carbocycles. The maximum Gasteiger partial charge on any atom is 0.0175 e. The first-order chi connectivity index (χ1) is 11.3. The maximum atomic E-state index is 3.51. The molecule has 23 heavy (non-hydrogen) atoms. The van der Waals surface area contributed by atoms with Crippen LogP contribution in [-0.4, -0.2) is 0 Å². The van der Waals surface area contributed by atoms with Crippen molar-refractivity contribution in [2.75, 3.05) is 0 Å². The molecule has 5 aromatic carbocycles. The minimum absolute atomic E-state index is 1.11. The third-order valence-corrected chi connectivity index (χ3v) is 5.17. The number of hydrogen-bond donors (Lipinski definition) is 0. The summed E-state index contributed by atoms with van der Waals surface area (Å²) in [6, 6.07) is 28.6. The monoisotopic (exact) mass is 356 g/mol. The van der Waals surface area contributed by atoms with Gasteiger partial charge in [-0.15, -0.1) is 0 Å². The van der Waals surface area contributed by atoms with Crippen LogP contribution in [0.15, 0.2) is 83.3 Å². The Bertz CT molecular complexity index is 1090. The average molecular weight is 357 g/mol. The van der Waals surface area contributed by atoms with Crippen LogP contribution >= 0.6 is 15.9 Å². The molecule has 0 fully saturated rings. The molecular weight excluding hydrogens is 344 g/mol. The molecule has 0 saturated heterocycles. The van der Waals surface area contributed by atoms with E-state index >= 15 is 0 Å². The fourth-order valence-corrected chi connectivity index (χ4v) is 3.83. The first-order valence-electron chi connectivity index (χ1n) is 7.73. The minimum Gasteiger partial charge on any atom is -0.0610 e. The summed E-state index contributed by atoms with van der Waals surface area (Å²) in [5.41, 5.74) is 2.52. The van der Waals surface area contributed by atoms with E-state index in [2.05, 4.69) is 94.8 Å². The average Bonchev–Trinajstić information content (AvgIpc) is 2.60. The van der Waals surface area contributed by atoms with Crippen LogP contribution in [0.4, 0.5) is 0 Å². The fourth-order valence-electron chi connectivity index (χ4n) is 3.56. The maximum absolute atomic E-state index is 3.51. The molecule has 0 amide bonds. The summed E-state index contributed by atoms with van der Waals surface area (Å²) in [6.45, 7) is 0. The van der Waals surface area contributed by atoms with Crippen molar-refractivity contribution in [2.24, 2.45) is 0 Å². The molecule has 5 aromatic rings. The highest BCUT2D eigenvalue weighted by atomic mass is 79.9. The molecule has 0 aliphatic carbocycles. The van der Waals surface area contributed by atoms with Crippen molar-refractivity contribution in [1.82, 2.24) is 0 Å². The van der Waals surface area contributed by atoms with Crippen LogP contribution in [0.1, 0.15) is 0 Å². The third kappa shape index (κ3) is 1.97. The summed E-state index contributed by atoms with van der Waals surface area (Å²) in [6.07, 6.45) is 0. The quantitative estimate of drug-likeness (QED) is 0.283. The first kappa shape index (κ1) is 13.1. The highest BCUT2D eigenvalue weighted by Crippen LogP contribution is 2.37. The van der Waals surface area contributed by atoms with E-state index < -0.39 is 0 Å². The highest BCUT2D eigenvalue weighted by Gasteiger charge is 2.09. The van der Waals surface area contributed by atoms with Crippen molar-refractivity contribution >= 4 is 48.2 Å². The van der Waals surface area contributed by atoms with E-state index in [9.17, 15) is 0 Å². The summed E-state index contributed by atoms with van der Waals surface area (Å²) in [4.78, 5) is 0. The Morgan fingerprint density at radius 1 is 0.478 bits per heavy atom. The normalized spacial score (nSPS) is 11.7. The topological polar surface area (TPSA) is 0 Å². The van der Waals surface area contributed by atoms with Crippen molar-refractivity contribution in [3.63, 3.8) is 0 Å². The summed E-state index contributed by atoms with van der Waals surface area (Å²) in [5, 5.41) is 8.01. The van der Waals surface area contributed by atoms with Gasteiger partial charge >= 0.3 is 0 Å². The molecule has 0 bridgehead atoms. The summed E-state index contributed by atoms with van der Waals surface area (Å²) in [7, 11) is 0. The smallest absolute Gasteiger partial charge is 0.0175 e. The van der Waals surface area contributed by atoms with Crippen LogP contribution in [0.3, 0.4) is 0 Å². The van der Waals surface area contributed by atoms with Crippen molar-refractivity contribution in [1.29, 1.82) is 0 Å². The Labute approximate surface area is 142 Å². The Morgan fingerprint density at radius 3 is 1.61 bits per heavy atom. The summed E-state index contributed by atoms with van der Waals surface area (Å²) in [5.74, 6) is 0. The molecule has 0 aliphatic heterocycles. The molecule has 0 spiro atoms. The van der Waals surface area contributed by atoms with E-state index in [1.165, 1.54) is 43.4 Å². The lowest BCUT2D eigenvalue weighted by molar-refractivity contribution is 1.62. The Kier molecular flexibility index (Phi) is 2.74. The second-order valence-electron chi connectivity index (χ2n) is 6.01. The lowest BCUT2D eigenvalue weighted by atomic mass is 9.91. The Hall–Kier alpha value is -2.38. The van der Waals surface area contributed by atoms with E-state index in [1.807, 2.05) is 0 Å². The third-order valence-electron chi connectivity index (χ3n) is 4.64. The Morgan fingerprint density at radius 2 is 1.00 bits per heavy atom. The number of benzene rings is 5. The van der Waals surface area contributed by atoms with Crippen molar-refractivity contribution in [3.8, 4) is 11.1 Å². The van der Waals surface area contributed by atoms with Gasteiger partial charge in [0.15, 0.2) is 0 Å². The second-order valence-corrected chi connectivity index (χ2v) is 6.93. The molecule has 5 rings (SSSR count). The van der Waals surface area contributed by atoms with Gasteiger partial charge in [0, 0.05) is 4.47 Å². The van der Waals surface area contributed by atoms with Crippen LogP contribution in [-0.2, 0) is 0 Å². The molecule has 0 N–H and O–H groups in total. The predicted molar refractivity (Wildman–Crippen MR) is 103 cm³/mol. The molecule has 0 atom stereocenters. The van der Waals surface area contributed by atoms with Crippen LogP contribution < -0.4 is 0 Å². The van der Waals surface area contributed by atoms with Gasteiger partial charge in [-0.3, -0.25) is 0 Å². The summed E-state index contributed by atoms with van der Waals surface area (Å²) < 4.78 is 1.11. The molecule has 1 heteroatoms. The molecular formula is C22H13Br. The van der Waals surface area contributed by atoms with E-state index in [4.69, 9.17) is 0 Å². The van der Waals surface area contributed by atoms with Gasteiger partial charge in [-0.25, -0.2) is 0 Å².